The van der Waals surface area contributed by atoms with E-state index in [1.165, 1.54) is 29.0 Å². The van der Waals surface area contributed by atoms with Gasteiger partial charge >= 0.3 is 0 Å². The third-order valence-corrected chi connectivity index (χ3v) is 7.08. The molecule has 35 heavy (non-hydrogen) atoms. The number of thiocarbonyl (C=S) groups is 1. The number of aryl methyl sites for hydroxylation is 1. The Morgan fingerprint density at radius 1 is 1.17 bits per heavy atom. The van der Waals surface area contributed by atoms with Crippen molar-refractivity contribution in [3.8, 4) is 0 Å². The van der Waals surface area contributed by atoms with Crippen LogP contribution < -0.4 is 10.9 Å². The Balaban J connectivity index is 1.85. The molecule has 1 aliphatic rings. The second kappa shape index (κ2) is 13.2. The van der Waals surface area contributed by atoms with Gasteiger partial charge < -0.3 is 10.1 Å². The Labute approximate surface area is 217 Å². The molecule has 0 unspecified atom stereocenters. The molecule has 0 aliphatic carbocycles. The van der Waals surface area contributed by atoms with Crippen molar-refractivity contribution in [3.05, 3.63) is 44.7 Å². The Kier molecular flexibility index (Phi) is 10.3. The first kappa shape index (κ1) is 27.4. The molecule has 2 aromatic heterocycles. The molecule has 1 saturated heterocycles. The fourth-order valence-electron chi connectivity index (χ4n) is 3.82. The van der Waals surface area contributed by atoms with Gasteiger partial charge in [0, 0.05) is 25.9 Å². The summed E-state index contributed by atoms with van der Waals surface area (Å²) >= 11 is 6.74. The minimum Gasteiger partial charge on any atom is -0.379 e. The minimum absolute atomic E-state index is 0.138. The van der Waals surface area contributed by atoms with Gasteiger partial charge in [0.05, 0.1) is 16.6 Å². The van der Waals surface area contributed by atoms with Crippen LogP contribution in [0, 0.1) is 6.92 Å². The molecule has 1 N–H and O–H groups in total. The fourth-order valence-corrected chi connectivity index (χ4v) is 5.11. The van der Waals surface area contributed by atoms with Gasteiger partial charge in [-0.2, -0.15) is 0 Å². The molecular formula is C26H36N4O3S2. The number of pyridine rings is 1. The highest BCUT2D eigenvalue weighted by Crippen LogP contribution is 2.33. The maximum absolute atomic E-state index is 13.5. The van der Waals surface area contributed by atoms with Crippen LogP contribution in [0.25, 0.3) is 11.7 Å². The molecule has 3 heterocycles. The Bertz CT molecular complexity index is 1140. The van der Waals surface area contributed by atoms with E-state index >= 15 is 0 Å². The molecule has 7 nitrogen and oxygen atoms in total. The average Bonchev–Trinajstić information content (AvgIpc) is 3.08. The normalized spacial score (nSPS) is 15.2. The van der Waals surface area contributed by atoms with Crippen molar-refractivity contribution in [2.45, 2.75) is 72.3 Å². The summed E-state index contributed by atoms with van der Waals surface area (Å²) in [5.41, 5.74) is 1.65. The van der Waals surface area contributed by atoms with Gasteiger partial charge in [-0.15, -0.1) is 0 Å². The number of carbonyl (C=O) groups is 1. The van der Waals surface area contributed by atoms with E-state index in [9.17, 15) is 9.59 Å². The highest BCUT2D eigenvalue weighted by Gasteiger charge is 2.32. The van der Waals surface area contributed by atoms with Crippen LogP contribution in [0.5, 0.6) is 0 Å². The number of nitrogens with zero attached hydrogens (tertiary/aromatic N) is 3. The van der Waals surface area contributed by atoms with Crippen LogP contribution in [0.1, 0.15) is 70.4 Å². The number of rotatable bonds is 13. The molecule has 0 spiro atoms. The van der Waals surface area contributed by atoms with E-state index in [-0.39, 0.29) is 17.6 Å². The van der Waals surface area contributed by atoms with Crippen molar-refractivity contribution < 1.29 is 9.53 Å². The zero-order valence-electron chi connectivity index (χ0n) is 21.1. The second-order valence-electron chi connectivity index (χ2n) is 9.06. The molecule has 2 aromatic rings. The fraction of sp³-hybridized carbons (Fsp3) is 0.538. The van der Waals surface area contributed by atoms with E-state index in [0.29, 0.717) is 46.0 Å². The summed E-state index contributed by atoms with van der Waals surface area (Å²) in [7, 11) is 0. The summed E-state index contributed by atoms with van der Waals surface area (Å²) in [6, 6.07) is 3.75. The smallest absolute Gasteiger partial charge is 0.267 e. The number of fused-ring (bicyclic) bond motifs is 1. The lowest BCUT2D eigenvalue weighted by atomic mass is 10.1. The molecule has 190 valence electrons. The van der Waals surface area contributed by atoms with E-state index in [1.807, 2.05) is 32.9 Å². The molecule has 0 radical (unpaired) electrons. The average molecular weight is 517 g/mol. The number of carbonyl (C=O) groups excluding carboxylic acids is 1. The number of unbranched alkanes of at least 4 members (excludes halogenated alkanes) is 4. The third-order valence-electron chi connectivity index (χ3n) is 5.70. The second-order valence-corrected chi connectivity index (χ2v) is 10.7. The first-order chi connectivity index (χ1) is 16.8. The van der Waals surface area contributed by atoms with Gasteiger partial charge in [0.2, 0.25) is 0 Å². The topological polar surface area (TPSA) is 75.9 Å². The number of aromatic nitrogens is 2. The predicted octanol–water partition coefficient (Wildman–Crippen LogP) is 5.40. The number of ether oxygens (including phenoxy) is 1. The van der Waals surface area contributed by atoms with Gasteiger partial charge in [0.25, 0.3) is 11.5 Å². The highest BCUT2D eigenvalue weighted by atomic mass is 32.2. The molecule has 9 heteroatoms. The van der Waals surface area contributed by atoms with Crippen LogP contribution in [-0.4, -0.2) is 50.3 Å². The quantitative estimate of drug-likeness (QED) is 0.217. The van der Waals surface area contributed by atoms with E-state index in [1.54, 1.807) is 17.2 Å². The number of nitrogens with one attached hydrogen (secondary N) is 1. The molecule has 1 aliphatic heterocycles. The number of anilines is 1. The Morgan fingerprint density at radius 2 is 1.94 bits per heavy atom. The molecule has 0 saturated carbocycles. The van der Waals surface area contributed by atoms with Crippen molar-refractivity contribution in [1.82, 2.24) is 14.3 Å². The van der Waals surface area contributed by atoms with Crippen LogP contribution in [0.3, 0.4) is 0 Å². The van der Waals surface area contributed by atoms with E-state index < -0.39 is 0 Å². The summed E-state index contributed by atoms with van der Waals surface area (Å²) in [4.78, 5) is 33.4. The molecule has 1 fully saturated rings. The van der Waals surface area contributed by atoms with Crippen molar-refractivity contribution in [2.75, 3.05) is 25.0 Å². The summed E-state index contributed by atoms with van der Waals surface area (Å²) in [5.74, 6) is 0.328. The Morgan fingerprint density at radius 3 is 2.69 bits per heavy atom. The summed E-state index contributed by atoms with van der Waals surface area (Å²) < 4.78 is 7.68. The van der Waals surface area contributed by atoms with Gasteiger partial charge in [0.1, 0.15) is 15.8 Å². The monoisotopic (exact) mass is 516 g/mol. The summed E-state index contributed by atoms with van der Waals surface area (Å²) in [5, 5.41) is 3.28. The van der Waals surface area contributed by atoms with Crippen LogP contribution >= 0.6 is 24.0 Å². The number of hydrogen-bond acceptors (Lipinski definition) is 7. The van der Waals surface area contributed by atoms with Crippen LogP contribution in [0.15, 0.2) is 28.0 Å². The number of amides is 1. The van der Waals surface area contributed by atoms with Crippen LogP contribution in [0.2, 0.25) is 0 Å². The molecule has 1 amide bonds. The summed E-state index contributed by atoms with van der Waals surface area (Å²) in [6.07, 6.45) is 9.90. The van der Waals surface area contributed by atoms with Crippen LogP contribution in [0.4, 0.5) is 5.82 Å². The van der Waals surface area contributed by atoms with Gasteiger partial charge in [-0.3, -0.25) is 18.9 Å². The van der Waals surface area contributed by atoms with Crippen molar-refractivity contribution >= 4 is 51.7 Å². The number of hydrogen-bond donors (Lipinski definition) is 1. The lowest BCUT2D eigenvalue weighted by Crippen LogP contribution is -2.29. The number of thioether (sulfide) groups is 1. The van der Waals surface area contributed by atoms with Gasteiger partial charge in [-0.05, 0) is 51.3 Å². The predicted molar refractivity (Wildman–Crippen MR) is 149 cm³/mol. The third kappa shape index (κ3) is 7.38. The molecule has 0 atom stereocenters. The van der Waals surface area contributed by atoms with Crippen molar-refractivity contribution in [3.63, 3.8) is 0 Å². The lowest BCUT2D eigenvalue weighted by molar-refractivity contribution is -0.122. The van der Waals surface area contributed by atoms with Gasteiger partial charge in [-0.1, -0.05) is 62.7 Å². The van der Waals surface area contributed by atoms with E-state index in [2.05, 4.69) is 12.2 Å². The maximum atomic E-state index is 13.5. The molecule has 0 bridgehead atoms. The standard InChI is InChI=1S/C26H36N4O3S2/c1-5-6-7-8-9-14-29-25(32)21(35-26(29)34)16-20-23(27-13-10-15-33-18(2)3)28-22-12-11-19(4)17-30(22)24(20)31/h11-12,16-18,27H,5-10,13-15H2,1-4H3/b21-16-. The molecule has 0 aromatic carbocycles. The zero-order valence-corrected chi connectivity index (χ0v) is 22.8. The SMILES string of the molecule is CCCCCCCN1C(=O)/C(=C/c2c(NCCCOC(C)C)nc3ccc(C)cn3c2=O)SC1=S. The van der Waals surface area contributed by atoms with Gasteiger partial charge in [0.15, 0.2) is 0 Å². The highest BCUT2D eigenvalue weighted by molar-refractivity contribution is 8.26. The minimum atomic E-state index is -0.218. The Hall–Kier alpha value is -2.23. The van der Waals surface area contributed by atoms with Gasteiger partial charge in [-0.25, -0.2) is 4.98 Å². The maximum Gasteiger partial charge on any atom is 0.267 e. The largest absolute Gasteiger partial charge is 0.379 e. The van der Waals surface area contributed by atoms with Crippen molar-refractivity contribution in [1.29, 1.82) is 0 Å². The first-order valence-electron chi connectivity index (χ1n) is 12.5. The van der Waals surface area contributed by atoms with E-state index in [0.717, 1.165) is 31.2 Å². The van der Waals surface area contributed by atoms with E-state index in [4.69, 9.17) is 21.9 Å². The first-order valence-corrected chi connectivity index (χ1v) is 13.7. The van der Waals surface area contributed by atoms with Crippen molar-refractivity contribution in [2.24, 2.45) is 0 Å². The molecule has 3 rings (SSSR count). The zero-order chi connectivity index (χ0) is 25.4. The summed E-state index contributed by atoms with van der Waals surface area (Å²) in [6.45, 7) is 9.94. The lowest BCUT2D eigenvalue weighted by Gasteiger charge is -2.14. The van der Waals surface area contributed by atoms with Crippen LogP contribution in [-0.2, 0) is 9.53 Å². The molecular weight excluding hydrogens is 480 g/mol.